The second kappa shape index (κ2) is 11.1. The molecular formula is C29H27N3O2S. The van der Waals surface area contributed by atoms with E-state index in [9.17, 15) is 10.1 Å². The Morgan fingerprint density at radius 3 is 2.46 bits per heavy atom. The average Bonchev–Trinajstić information content (AvgIpc) is 3.13. The van der Waals surface area contributed by atoms with Crippen LogP contribution in [0, 0.1) is 24.2 Å². The van der Waals surface area contributed by atoms with Crippen molar-refractivity contribution in [1.82, 2.24) is 4.90 Å². The number of carbonyl (C=O) groups excluding carboxylic acids is 1. The predicted molar refractivity (Wildman–Crippen MR) is 142 cm³/mol. The lowest BCUT2D eigenvalue weighted by molar-refractivity contribution is -0.122. The van der Waals surface area contributed by atoms with Crippen molar-refractivity contribution in [2.45, 2.75) is 27.4 Å². The maximum Gasteiger partial charge on any atom is 0.266 e. The lowest BCUT2D eigenvalue weighted by Gasteiger charge is -2.17. The molecule has 1 saturated heterocycles. The van der Waals surface area contributed by atoms with Gasteiger partial charge >= 0.3 is 0 Å². The third kappa shape index (κ3) is 6.20. The van der Waals surface area contributed by atoms with Gasteiger partial charge in [0, 0.05) is 12.1 Å². The topological polar surface area (TPSA) is 65.7 Å². The van der Waals surface area contributed by atoms with Crippen LogP contribution in [0.15, 0.2) is 82.7 Å². The van der Waals surface area contributed by atoms with Gasteiger partial charge in [-0.05, 0) is 66.6 Å². The molecule has 1 fully saturated rings. The fourth-order valence-corrected chi connectivity index (χ4v) is 4.58. The maximum absolute atomic E-state index is 13.2. The molecule has 0 atom stereocenters. The van der Waals surface area contributed by atoms with Gasteiger partial charge in [0.2, 0.25) is 0 Å². The van der Waals surface area contributed by atoms with Crippen molar-refractivity contribution in [3.8, 4) is 11.8 Å². The van der Waals surface area contributed by atoms with Gasteiger partial charge in [-0.3, -0.25) is 9.69 Å². The number of benzene rings is 3. The Morgan fingerprint density at radius 2 is 1.77 bits per heavy atom. The molecule has 3 aromatic rings. The Bertz CT molecular complexity index is 1300. The quantitative estimate of drug-likeness (QED) is 0.352. The van der Waals surface area contributed by atoms with Crippen LogP contribution in [0.2, 0.25) is 0 Å². The van der Waals surface area contributed by atoms with Crippen LogP contribution in [-0.4, -0.2) is 22.5 Å². The zero-order chi connectivity index (χ0) is 24.8. The molecule has 1 heterocycles. The summed E-state index contributed by atoms with van der Waals surface area (Å²) in [6.07, 6.45) is 1.90. The number of carbonyl (C=O) groups is 1. The van der Waals surface area contributed by atoms with Gasteiger partial charge in [-0.15, -0.1) is 0 Å². The van der Waals surface area contributed by atoms with E-state index in [2.05, 4.69) is 19.9 Å². The summed E-state index contributed by atoms with van der Waals surface area (Å²) in [5, 5.41) is 9.94. The summed E-state index contributed by atoms with van der Waals surface area (Å²) < 4.78 is 5.86. The number of nitriles is 1. The van der Waals surface area contributed by atoms with Crippen LogP contribution >= 0.6 is 11.8 Å². The first kappa shape index (κ1) is 24.3. The molecule has 0 bridgehead atoms. The first-order valence-electron chi connectivity index (χ1n) is 11.5. The molecule has 5 nitrogen and oxygen atoms in total. The van der Waals surface area contributed by atoms with E-state index in [1.54, 1.807) is 11.0 Å². The molecule has 0 unspecified atom stereocenters. The van der Waals surface area contributed by atoms with Crippen LogP contribution in [0.5, 0.6) is 5.75 Å². The molecule has 0 N–H and O–H groups in total. The summed E-state index contributed by atoms with van der Waals surface area (Å²) >= 11 is 1.40. The van der Waals surface area contributed by atoms with E-state index >= 15 is 0 Å². The molecule has 35 heavy (non-hydrogen) atoms. The number of ether oxygens (including phenoxy) is 1. The van der Waals surface area contributed by atoms with Crippen LogP contribution in [0.25, 0.3) is 6.08 Å². The van der Waals surface area contributed by atoms with Crippen LogP contribution in [-0.2, 0) is 11.4 Å². The predicted octanol–water partition coefficient (Wildman–Crippen LogP) is 6.71. The van der Waals surface area contributed by atoms with Crippen molar-refractivity contribution < 1.29 is 9.53 Å². The monoisotopic (exact) mass is 481 g/mol. The number of aliphatic imine (C=N–C) groups is 1. The maximum atomic E-state index is 13.2. The van der Waals surface area contributed by atoms with Crippen molar-refractivity contribution >= 4 is 34.6 Å². The minimum atomic E-state index is -0.0250. The third-order valence-corrected chi connectivity index (χ3v) is 6.41. The van der Waals surface area contributed by atoms with Crippen LogP contribution in [0.1, 0.15) is 36.1 Å². The summed E-state index contributed by atoms with van der Waals surface area (Å²) in [6, 6.07) is 25.2. The number of amides is 1. The zero-order valence-corrected chi connectivity index (χ0v) is 20.9. The van der Waals surface area contributed by atoms with E-state index in [0.717, 1.165) is 16.8 Å². The zero-order valence-electron chi connectivity index (χ0n) is 20.1. The number of thioether (sulfide) groups is 1. The lowest BCUT2D eigenvalue weighted by Crippen LogP contribution is -2.32. The first-order valence-corrected chi connectivity index (χ1v) is 12.3. The standard InChI is InChI=1S/C29H27N3O2S/c1-20(2)18-32-28(33)27(35-29(32)31-25-12-8-21(3)9-13-25)16-22-10-14-26(15-11-22)34-19-24-7-5-4-6-23(24)17-30/h4-16,20H,18-19H2,1-3H3/b27-16+,31-29?. The lowest BCUT2D eigenvalue weighted by atomic mass is 10.1. The molecule has 0 saturated carbocycles. The number of nitrogens with zero attached hydrogens (tertiary/aromatic N) is 3. The van der Waals surface area contributed by atoms with E-state index in [1.807, 2.05) is 79.7 Å². The molecule has 1 aliphatic heterocycles. The smallest absolute Gasteiger partial charge is 0.266 e. The summed E-state index contributed by atoms with van der Waals surface area (Å²) in [5.74, 6) is 1.00. The normalized spacial score (nSPS) is 15.7. The van der Waals surface area contributed by atoms with Crippen LogP contribution in [0.4, 0.5) is 5.69 Å². The third-order valence-electron chi connectivity index (χ3n) is 5.40. The van der Waals surface area contributed by atoms with Crippen molar-refractivity contribution in [3.63, 3.8) is 0 Å². The largest absolute Gasteiger partial charge is 0.489 e. The number of aryl methyl sites for hydroxylation is 1. The number of amidine groups is 1. The summed E-state index contributed by atoms with van der Waals surface area (Å²) in [6.45, 7) is 7.17. The van der Waals surface area contributed by atoms with Gasteiger partial charge in [0.1, 0.15) is 12.4 Å². The van der Waals surface area contributed by atoms with Gasteiger partial charge < -0.3 is 4.74 Å². The number of hydrogen-bond donors (Lipinski definition) is 0. The van der Waals surface area contributed by atoms with E-state index in [-0.39, 0.29) is 5.91 Å². The average molecular weight is 482 g/mol. The molecule has 4 rings (SSSR count). The molecule has 1 amide bonds. The molecule has 3 aromatic carbocycles. The van der Waals surface area contributed by atoms with Crippen LogP contribution < -0.4 is 4.74 Å². The fraction of sp³-hybridized carbons (Fsp3) is 0.207. The van der Waals surface area contributed by atoms with E-state index in [0.29, 0.717) is 40.5 Å². The number of rotatable bonds is 7. The molecule has 1 aliphatic rings. The molecule has 0 aliphatic carbocycles. The minimum absolute atomic E-state index is 0.0250. The van der Waals surface area contributed by atoms with E-state index < -0.39 is 0 Å². The highest BCUT2D eigenvalue weighted by Crippen LogP contribution is 2.35. The van der Waals surface area contributed by atoms with E-state index in [4.69, 9.17) is 9.73 Å². The Balaban J connectivity index is 1.50. The molecule has 6 heteroatoms. The summed E-state index contributed by atoms with van der Waals surface area (Å²) in [4.78, 5) is 20.4. The van der Waals surface area contributed by atoms with Gasteiger partial charge in [-0.1, -0.05) is 61.9 Å². The van der Waals surface area contributed by atoms with Gasteiger partial charge in [-0.25, -0.2) is 4.99 Å². The molecule has 176 valence electrons. The molecule has 0 radical (unpaired) electrons. The molecule has 0 spiro atoms. The number of hydrogen-bond acceptors (Lipinski definition) is 5. The Hall–Kier alpha value is -3.82. The van der Waals surface area contributed by atoms with Crippen molar-refractivity contribution in [1.29, 1.82) is 5.26 Å². The molecular weight excluding hydrogens is 454 g/mol. The second-order valence-corrected chi connectivity index (χ2v) is 9.79. The highest BCUT2D eigenvalue weighted by molar-refractivity contribution is 8.18. The van der Waals surface area contributed by atoms with Gasteiger partial charge in [0.25, 0.3) is 5.91 Å². The van der Waals surface area contributed by atoms with E-state index in [1.165, 1.54) is 17.3 Å². The SMILES string of the molecule is Cc1ccc(N=C2S/C(=C/c3ccc(OCc4ccccc4C#N)cc3)C(=O)N2CC(C)C)cc1. The minimum Gasteiger partial charge on any atom is -0.489 e. The van der Waals surface area contributed by atoms with Crippen molar-refractivity contribution in [3.05, 3.63) is 100.0 Å². The van der Waals surface area contributed by atoms with Crippen molar-refractivity contribution in [2.24, 2.45) is 10.9 Å². The van der Waals surface area contributed by atoms with Gasteiger partial charge in [0.05, 0.1) is 22.2 Å². The van der Waals surface area contributed by atoms with Gasteiger partial charge in [0.15, 0.2) is 5.17 Å². The highest BCUT2D eigenvalue weighted by Gasteiger charge is 2.33. The first-order chi connectivity index (χ1) is 16.9. The Morgan fingerprint density at radius 1 is 1.06 bits per heavy atom. The summed E-state index contributed by atoms with van der Waals surface area (Å²) in [5.41, 5.74) is 4.37. The van der Waals surface area contributed by atoms with Gasteiger partial charge in [-0.2, -0.15) is 5.26 Å². The Labute approximate surface area is 210 Å². The Kier molecular flexibility index (Phi) is 7.69. The molecule has 0 aromatic heterocycles. The second-order valence-electron chi connectivity index (χ2n) is 8.78. The highest BCUT2D eigenvalue weighted by atomic mass is 32.2. The van der Waals surface area contributed by atoms with Crippen molar-refractivity contribution in [2.75, 3.05) is 6.54 Å². The van der Waals surface area contributed by atoms with Crippen LogP contribution in [0.3, 0.4) is 0 Å². The fourth-order valence-electron chi connectivity index (χ4n) is 3.58. The summed E-state index contributed by atoms with van der Waals surface area (Å²) in [7, 11) is 0.